The highest BCUT2D eigenvalue weighted by Gasteiger charge is 2.23. The molecule has 0 saturated heterocycles. The van der Waals surface area contributed by atoms with Crippen molar-refractivity contribution in [1.29, 1.82) is 0 Å². The van der Waals surface area contributed by atoms with Crippen LogP contribution in [0.4, 0.5) is 0 Å². The number of aryl methyl sites for hydroxylation is 1. The second-order valence-corrected chi connectivity index (χ2v) is 8.50. The minimum atomic E-state index is -3.43. The topological polar surface area (TPSA) is 55.2 Å². The number of thiophene rings is 1. The van der Waals surface area contributed by atoms with Crippen LogP contribution < -0.4 is 0 Å². The molecule has 0 radical (unpaired) electrons. The average molecular weight is 350 g/mol. The quantitative estimate of drug-likeness (QED) is 0.848. The van der Waals surface area contributed by atoms with Crippen LogP contribution in [0.3, 0.4) is 0 Å². The zero-order valence-corrected chi connectivity index (χ0v) is 13.1. The van der Waals surface area contributed by atoms with E-state index in [-0.39, 0.29) is 0 Å². The van der Waals surface area contributed by atoms with E-state index >= 15 is 0 Å². The van der Waals surface area contributed by atoms with Crippen molar-refractivity contribution in [3.05, 3.63) is 33.9 Å². The Morgan fingerprint density at radius 2 is 2.17 bits per heavy atom. The van der Waals surface area contributed by atoms with Gasteiger partial charge in [0.05, 0.1) is 16.0 Å². The zero-order valence-electron chi connectivity index (χ0n) is 9.87. The van der Waals surface area contributed by atoms with E-state index in [9.17, 15) is 8.42 Å². The standard InChI is InChI=1S/C10H12BrN3O2S2/c1-13(7-8-5-6-12-14(8)2)18(15,16)10-4-3-9(11)17-10/h3-6H,7H2,1-2H3. The van der Waals surface area contributed by atoms with E-state index in [1.807, 2.05) is 0 Å². The summed E-state index contributed by atoms with van der Waals surface area (Å²) in [6.45, 7) is 0.300. The van der Waals surface area contributed by atoms with Crippen LogP contribution in [0.5, 0.6) is 0 Å². The monoisotopic (exact) mass is 349 g/mol. The molecule has 5 nitrogen and oxygen atoms in total. The van der Waals surface area contributed by atoms with Gasteiger partial charge < -0.3 is 0 Å². The molecule has 98 valence electrons. The van der Waals surface area contributed by atoms with E-state index in [0.717, 1.165) is 9.48 Å². The molecule has 0 aliphatic rings. The lowest BCUT2D eigenvalue weighted by atomic mass is 10.4. The van der Waals surface area contributed by atoms with Crippen molar-refractivity contribution < 1.29 is 8.42 Å². The van der Waals surface area contributed by atoms with Gasteiger partial charge in [0.15, 0.2) is 0 Å². The Morgan fingerprint density at radius 3 is 2.67 bits per heavy atom. The third kappa shape index (κ3) is 2.66. The molecule has 18 heavy (non-hydrogen) atoms. The van der Waals surface area contributed by atoms with Crippen molar-refractivity contribution in [2.75, 3.05) is 7.05 Å². The molecule has 0 bridgehead atoms. The lowest BCUT2D eigenvalue weighted by Crippen LogP contribution is -2.26. The first-order valence-electron chi connectivity index (χ1n) is 5.10. The number of hydrogen-bond acceptors (Lipinski definition) is 4. The fourth-order valence-electron chi connectivity index (χ4n) is 1.46. The van der Waals surface area contributed by atoms with Crippen LogP contribution in [-0.4, -0.2) is 29.6 Å². The number of sulfonamides is 1. The fourth-order valence-corrected chi connectivity index (χ4v) is 4.82. The summed E-state index contributed by atoms with van der Waals surface area (Å²) in [6.07, 6.45) is 1.65. The summed E-state index contributed by atoms with van der Waals surface area (Å²) in [6, 6.07) is 5.13. The summed E-state index contributed by atoms with van der Waals surface area (Å²) < 4.78 is 28.7. The first kappa shape index (κ1) is 13.7. The van der Waals surface area contributed by atoms with Gasteiger partial charge in [-0.05, 0) is 34.1 Å². The van der Waals surface area contributed by atoms with Crippen LogP contribution >= 0.6 is 27.3 Å². The van der Waals surface area contributed by atoms with E-state index in [1.54, 1.807) is 43.2 Å². The van der Waals surface area contributed by atoms with Crippen LogP contribution in [0.1, 0.15) is 5.69 Å². The van der Waals surface area contributed by atoms with E-state index < -0.39 is 10.0 Å². The third-order valence-electron chi connectivity index (χ3n) is 2.52. The summed E-state index contributed by atoms with van der Waals surface area (Å²) in [7, 11) is -0.0756. The Bertz CT molecular complexity index is 648. The maximum atomic E-state index is 12.3. The number of rotatable bonds is 4. The number of nitrogens with zero attached hydrogens (tertiary/aromatic N) is 3. The smallest absolute Gasteiger partial charge is 0.252 e. The molecular formula is C10H12BrN3O2S2. The molecule has 0 fully saturated rings. The molecule has 8 heteroatoms. The van der Waals surface area contributed by atoms with Gasteiger partial charge in [-0.15, -0.1) is 11.3 Å². The molecule has 2 aromatic heterocycles. The van der Waals surface area contributed by atoms with Crippen LogP contribution in [0.2, 0.25) is 0 Å². The summed E-state index contributed by atoms with van der Waals surface area (Å²) in [5, 5.41) is 4.02. The Labute approximate surface area is 118 Å². The number of hydrogen-bond donors (Lipinski definition) is 0. The van der Waals surface area contributed by atoms with Crippen molar-refractivity contribution in [2.45, 2.75) is 10.8 Å². The largest absolute Gasteiger partial charge is 0.271 e. The molecule has 0 aromatic carbocycles. The summed E-state index contributed by atoms with van der Waals surface area (Å²) in [5.41, 5.74) is 0.844. The highest BCUT2D eigenvalue weighted by atomic mass is 79.9. The molecule has 2 heterocycles. The maximum absolute atomic E-state index is 12.3. The Kier molecular flexibility index (Phi) is 3.90. The molecule has 0 aliphatic heterocycles. The molecule has 0 amide bonds. The number of aromatic nitrogens is 2. The predicted octanol–water partition coefficient (Wildman–Crippen LogP) is 2.06. The normalized spacial score (nSPS) is 12.2. The molecule has 0 N–H and O–H groups in total. The molecular weight excluding hydrogens is 338 g/mol. The molecule has 0 saturated carbocycles. The Balaban J connectivity index is 2.23. The van der Waals surface area contributed by atoms with Gasteiger partial charge in [-0.1, -0.05) is 0 Å². The van der Waals surface area contributed by atoms with Crippen molar-refractivity contribution in [3.8, 4) is 0 Å². The van der Waals surface area contributed by atoms with Gasteiger partial charge in [0, 0.05) is 20.3 Å². The third-order valence-corrected chi connectivity index (χ3v) is 6.41. The van der Waals surface area contributed by atoms with Crippen LogP contribution in [0, 0.1) is 0 Å². The van der Waals surface area contributed by atoms with Crippen molar-refractivity contribution in [1.82, 2.24) is 14.1 Å². The summed E-state index contributed by atoms with van der Waals surface area (Å²) >= 11 is 4.47. The van der Waals surface area contributed by atoms with Crippen LogP contribution in [0.15, 0.2) is 32.4 Å². The van der Waals surface area contributed by atoms with Gasteiger partial charge in [0.2, 0.25) is 0 Å². The predicted molar refractivity (Wildman–Crippen MR) is 73.9 cm³/mol. The van der Waals surface area contributed by atoms with Gasteiger partial charge in [0.25, 0.3) is 10.0 Å². The second-order valence-electron chi connectivity index (χ2n) is 3.77. The van der Waals surface area contributed by atoms with Gasteiger partial charge in [0.1, 0.15) is 4.21 Å². The van der Waals surface area contributed by atoms with Gasteiger partial charge in [-0.3, -0.25) is 4.68 Å². The maximum Gasteiger partial charge on any atom is 0.252 e. The minimum Gasteiger partial charge on any atom is -0.271 e. The zero-order chi connectivity index (χ0) is 13.3. The summed E-state index contributed by atoms with van der Waals surface area (Å²) in [5.74, 6) is 0. The Morgan fingerprint density at radius 1 is 1.44 bits per heavy atom. The lowest BCUT2D eigenvalue weighted by molar-refractivity contribution is 0.454. The van der Waals surface area contributed by atoms with Gasteiger partial charge >= 0.3 is 0 Å². The van der Waals surface area contributed by atoms with E-state index in [2.05, 4.69) is 21.0 Å². The average Bonchev–Trinajstić information content (AvgIpc) is 2.89. The van der Waals surface area contributed by atoms with E-state index in [4.69, 9.17) is 0 Å². The molecule has 0 unspecified atom stereocenters. The highest BCUT2D eigenvalue weighted by molar-refractivity contribution is 9.11. The molecule has 2 aromatic rings. The van der Waals surface area contributed by atoms with Crippen LogP contribution in [-0.2, 0) is 23.6 Å². The molecule has 2 rings (SSSR count). The fraction of sp³-hybridized carbons (Fsp3) is 0.300. The van der Waals surface area contributed by atoms with E-state index in [1.165, 1.54) is 15.6 Å². The molecule has 0 aliphatic carbocycles. The summed E-state index contributed by atoms with van der Waals surface area (Å²) in [4.78, 5) is 0. The first-order chi connectivity index (χ1) is 8.41. The molecule has 0 atom stereocenters. The van der Waals surface area contributed by atoms with E-state index in [0.29, 0.717) is 10.8 Å². The van der Waals surface area contributed by atoms with Crippen molar-refractivity contribution in [2.24, 2.45) is 7.05 Å². The minimum absolute atomic E-state index is 0.300. The Hall–Kier alpha value is -0.700. The number of halogens is 1. The van der Waals surface area contributed by atoms with Gasteiger partial charge in [-0.2, -0.15) is 9.40 Å². The molecule has 0 spiro atoms. The van der Waals surface area contributed by atoms with Crippen molar-refractivity contribution >= 4 is 37.3 Å². The van der Waals surface area contributed by atoms with Crippen LogP contribution in [0.25, 0.3) is 0 Å². The van der Waals surface area contributed by atoms with Gasteiger partial charge in [-0.25, -0.2) is 8.42 Å². The first-order valence-corrected chi connectivity index (χ1v) is 8.15. The van der Waals surface area contributed by atoms with Crippen molar-refractivity contribution in [3.63, 3.8) is 0 Å². The SMILES string of the molecule is CN(Cc1ccnn1C)S(=O)(=O)c1ccc(Br)s1. The lowest BCUT2D eigenvalue weighted by Gasteiger charge is -2.15. The highest BCUT2D eigenvalue weighted by Crippen LogP contribution is 2.28. The second kappa shape index (κ2) is 5.12.